The van der Waals surface area contributed by atoms with Crippen molar-refractivity contribution < 1.29 is 8.98 Å². The summed E-state index contributed by atoms with van der Waals surface area (Å²) in [7, 11) is 2.06. The summed E-state index contributed by atoms with van der Waals surface area (Å²) >= 11 is 0. The highest BCUT2D eigenvalue weighted by Gasteiger charge is 2.18. The maximum absolute atomic E-state index is 7.45. The third kappa shape index (κ3) is 2.46. The van der Waals surface area contributed by atoms with E-state index in [0.717, 1.165) is 33.2 Å². The molecule has 128 valence electrons. The average Bonchev–Trinajstić information content (AvgIpc) is 2.97. The summed E-state index contributed by atoms with van der Waals surface area (Å²) in [5.74, 6) is 0.298. The van der Waals surface area contributed by atoms with E-state index in [0.29, 0.717) is 11.6 Å². The van der Waals surface area contributed by atoms with Gasteiger partial charge < -0.3 is 4.42 Å². The molecule has 4 rings (SSSR count). The van der Waals surface area contributed by atoms with Crippen LogP contribution in [0.15, 0.2) is 53.1 Å². The third-order valence-electron chi connectivity index (χ3n) is 5.01. The minimum absolute atomic E-state index is 0.298. The van der Waals surface area contributed by atoms with Crippen LogP contribution in [0.5, 0.6) is 0 Å². The van der Waals surface area contributed by atoms with Crippen LogP contribution in [0.2, 0.25) is 0 Å². The molecule has 26 heavy (non-hydrogen) atoms. The molecule has 0 aliphatic carbocycles. The maximum atomic E-state index is 7.45. The fourth-order valence-corrected chi connectivity index (χ4v) is 3.61. The predicted molar refractivity (Wildman–Crippen MR) is 105 cm³/mol. The van der Waals surface area contributed by atoms with E-state index in [-0.39, 0.29) is 0 Å². The number of aromatic nitrogens is 1. The summed E-state index contributed by atoms with van der Waals surface area (Å²) in [5, 5.41) is 2.09. The molecule has 0 amide bonds. The van der Waals surface area contributed by atoms with Crippen molar-refractivity contribution in [3.05, 3.63) is 71.2 Å². The summed E-state index contributed by atoms with van der Waals surface area (Å²) in [6, 6.07) is 14.4. The molecule has 0 spiro atoms. The fourth-order valence-electron chi connectivity index (χ4n) is 3.61. The quantitative estimate of drug-likeness (QED) is 0.321. The van der Waals surface area contributed by atoms with Crippen molar-refractivity contribution in [1.82, 2.24) is 0 Å². The molecule has 0 bridgehead atoms. The van der Waals surface area contributed by atoms with Gasteiger partial charge in [0.05, 0.1) is 6.57 Å². The highest BCUT2D eigenvalue weighted by Crippen LogP contribution is 2.39. The minimum atomic E-state index is 0.298. The number of benzene rings is 2. The molecule has 0 fully saturated rings. The van der Waals surface area contributed by atoms with Gasteiger partial charge in [-0.15, -0.1) is 0 Å². The van der Waals surface area contributed by atoms with Crippen LogP contribution in [0.4, 0.5) is 5.69 Å². The van der Waals surface area contributed by atoms with Crippen LogP contribution >= 0.6 is 0 Å². The summed E-state index contributed by atoms with van der Waals surface area (Å²) in [6.45, 7) is 13.8. The van der Waals surface area contributed by atoms with Gasteiger partial charge in [0.1, 0.15) is 18.2 Å². The van der Waals surface area contributed by atoms with Crippen LogP contribution in [0.3, 0.4) is 0 Å². The summed E-state index contributed by atoms with van der Waals surface area (Å²) in [4.78, 5) is 3.67. The standard InChI is InChI=1S/C23H21N2O/c1-14(2)17-11-16(24-4)12-20-19-13-18(21-8-6-7-9-25(21)5)15(3)10-22(19)26-23(17)20/h6-14H,1-3,5H3/q+1. The molecule has 3 heteroatoms. The van der Waals surface area contributed by atoms with Crippen LogP contribution in [0.1, 0.15) is 30.9 Å². The summed E-state index contributed by atoms with van der Waals surface area (Å²) in [5.41, 5.74) is 7.05. The van der Waals surface area contributed by atoms with Crippen molar-refractivity contribution in [1.29, 1.82) is 0 Å². The van der Waals surface area contributed by atoms with Crippen LogP contribution in [-0.2, 0) is 7.05 Å². The number of nitrogens with zero attached hydrogens (tertiary/aromatic N) is 2. The van der Waals surface area contributed by atoms with E-state index in [1.54, 1.807) is 0 Å². The summed E-state index contributed by atoms with van der Waals surface area (Å²) < 4.78 is 8.36. The molecule has 2 aromatic carbocycles. The lowest BCUT2D eigenvalue weighted by Gasteiger charge is -2.06. The van der Waals surface area contributed by atoms with Crippen molar-refractivity contribution in [2.75, 3.05) is 0 Å². The molecular weight excluding hydrogens is 320 g/mol. The van der Waals surface area contributed by atoms with Crippen LogP contribution in [0, 0.1) is 13.5 Å². The van der Waals surface area contributed by atoms with Gasteiger partial charge in [0.2, 0.25) is 5.69 Å². The first kappa shape index (κ1) is 16.4. The Kier molecular flexibility index (Phi) is 3.77. The van der Waals surface area contributed by atoms with Crippen molar-refractivity contribution in [3.63, 3.8) is 0 Å². The number of hydrogen-bond donors (Lipinski definition) is 0. The zero-order chi connectivity index (χ0) is 18.4. The van der Waals surface area contributed by atoms with Gasteiger partial charge in [-0.1, -0.05) is 13.8 Å². The van der Waals surface area contributed by atoms with Gasteiger partial charge in [-0.3, -0.25) is 0 Å². The second-order valence-electron chi connectivity index (χ2n) is 7.14. The SMILES string of the molecule is [C-]#[N+]c1cc(C(C)C)c2oc3cc(C)c(-c4cccc[n+]4C)cc3c2c1. The van der Waals surface area contributed by atoms with Gasteiger partial charge in [0, 0.05) is 28.5 Å². The monoisotopic (exact) mass is 341 g/mol. The molecule has 0 N–H and O–H groups in total. The van der Waals surface area contributed by atoms with Crippen molar-refractivity contribution in [2.24, 2.45) is 7.05 Å². The first-order valence-corrected chi connectivity index (χ1v) is 8.83. The van der Waals surface area contributed by atoms with Crippen LogP contribution < -0.4 is 4.57 Å². The van der Waals surface area contributed by atoms with E-state index in [2.05, 4.69) is 67.7 Å². The lowest BCUT2D eigenvalue weighted by molar-refractivity contribution is -0.660. The molecule has 0 saturated carbocycles. The Balaban J connectivity index is 2.10. The second-order valence-corrected chi connectivity index (χ2v) is 7.14. The largest absolute Gasteiger partial charge is 0.456 e. The number of pyridine rings is 1. The Morgan fingerprint density at radius 1 is 1.08 bits per heavy atom. The Morgan fingerprint density at radius 3 is 2.58 bits per heavy atom. The number of rotatable bonds is 2. The Morgan fingerprint density at radius 2 is 1.88 bits per heavy atom. The van der Waals surface area contributed by atoms with E-state index in [1.807, 2.05) is 18.2 Å². The maximum Gasteiger partial charge on any atom is 0.212 e. The van der Waals surface area contributed by atoms with Gasteiger partial charge in [0.25, 0.3) is 0 Å². The zero-order valence-electron chi connectivity index (χ0n) is 15.5. The van der Waals surface area contributed by atoms with Crippen LogP contribution in [-0.4, -0.2) is 0 Å². The topological polar surface area (TPSA) is 21.4 Å². The van der Waals surface area contributed by atoms with E-state index >= 15 is 0 Å². The normalized spacial score (nSPS) is 11.4. The molecule has 3 nitrogen and oxygen atoms in total. The van der Waals surface area contributed by atoms with E-state index in [4.69, 9.17) is 11.0 Å². The van der Waals surface area contributed by atoms with Crippen molar-refractivity contribution >= 4 is 27.6 Å². The minimum Gasteiger partial charge on any atom is -0.456 e. The average molecular weight is 341 g/mol. The second kappa shape index (κ2) is 6.00. The molecule has 0 aliphatic rings. The first-order chi connectivity index (χ1) is 12.5. The van der Waals surface area contributed by atoms with Gasteiger partial charge in [-0.05, 0) is 54.3 Å². The lowest BCUT2D eigenvalue weighted by atomic mass is 9.97. The molecule has 4 aromatic rings. The number of fused-ring (bicyclic) bond motifs is 3. The third-order valence-corrected chi connectivity index (χ3v) is 5.01. The first-order valence-electron chi connectivity index (χ1n) is 8.83. The number of furan rings is 1. The molecule has 0 aliphatic heterocycles. The summed E-state index contributed by atoms with van der Waals surface area (Å²) in [6.07, 6.45) is 2.06. The highest BCUT2D eigenvalue weighted by atomic mass is 16.3. The van der Waals surface area contributed by atoms with Gasteiger partial charge in [-0.2, -0.15) is 0 Å². The van der Waals surface area contributed by atoms with Gasteiger partial charge in [0.15, 0.2) is 11.9 Å². The molecule has 2 heterocycles. The van der Waals surface area contributed by atoms with Crippen molar-refractivity contribution in [3.8, 4) is 11.3 Å². The Bertz CT molecular complexity index is 1190. The number of hydrogen-bond acceptors (Lipinski definition) is 1. The van der Waals surface area contributed by atoms with Gasteiger partial charge >= 0.3 is 0 Å². The van der Waals surface area contributed by atoms with Crippen molar-refractivity contribution in [2.45, 2.75) is 26.7 Å². The Hall–Kier alpha value is -3.12. The lowest BCUT2D eigenvalue weighted by Crippen LogP contribution is -2.30. The number of aryl methyl sites for hydroxylation is 2. The van der Waals surface area contributed by atoms with E-state index < -0.39 is 0 Å². The Labute approximate surface area is 153 Å². The van der Waals surface area contributed by atoms with E-state index in [1.165, 1.54) is 11.1 Å². The highest BCUT2D eigenvalue weighted by molar-refractivity contribution is 6.08. The zero-order valence-corrected chi connectivity index (χ0v) is 15.5. The molecule has 0 saturated heterocycles. The fraction of sp³-hybridized carbons (Fsp3) is 0.217. The molecular formula is C23H21N2O+. The smallest absolute Gasteiger partial charge is 0.212 e. The van der Waals surface area contributed by atoms with Gasteiger partial charge in [-0.25, -0.2) is 9.41 Å². The van der Waals surface area contributed by atoms with E-state index in [9.17, 15) is 0 Å². The van der Waals surface area contributed by atoms with Crippen LogP contribution in [0.25, 0.3) is 38.0 Å². The molecule has 2 aromatic heterocycles. The molecule has 0 atom stereocenters. The predicted octanol–water partition coefficient (Wildman–Crippen LogP) is 6.06. The molecule has 0 radical (unpaired) electrons. The molecule has 0 unspecified atom stereocenters.